The lowest BCUT2D eigenvalue weighted by molar-refractivity contribution is -0.385. The molecule has 11 heteroatoms. The number of benzene rings is 1. The predicted octanol–water partition coefficient (Wildman–Crippen LogP) is 0.999. The normalized spacial score (nSPS) is 26.0. The molecule has 1 heterocycles. The van der Waals surface area contributed by atoms with Crippen LogP contribution in [0.15, 0.2) is 29.4 Å². The first kappa shape index (κ1) is 20.5. The van der Waals surface area contributed by atoms with Gasteiger partial charge in [0.25, 0.3) is 17.7 Å². The summed E-state index contributed by atoms with van der Waals surface area (Å²) in [6.07, 6.45) is 5.96. The summed E-state index contributed by atoms with van der Waals surface area (Å²) in [5.74, 6) is -2.42. The summed E-state index contributed by atoms with van der Waals surface area (Å²) in [4.78, 5) is 47.3. The second-order valence-electron chi connectivity index (χ2n) is 7.55. The number of rotatable bonds is 8. The van der Waals surface area contributed by atoms with Crippen LogP contribution in [0.5, 0.6) is 11.5 Å². The van der Waals surface area contributed by atoms with Crippen LogP contribution in [0, 0.1) is 33.8 Å². The number of fused-ring (bicyclic) bond motifs is 5. The highest BCUT2D eigenvalue weighted by molar-refractivity contribution is 6.06. The van der Waals surface area contributed by atoms with Crippen molar-refractivity contribution in [2.45, 2.75) is 13.3 Å². The van der Waals surface area contributed by atoms with Crippen LogP contribution in [0.3, 0.4) is 0 Å². The SMILES string of the molecule is CCOc1cc(C=NN2C(=O)[C@@H]3[C@H](C2=O)[C@H]2C=C[C@H]3C2)cc([N+](=O)[O-])c1OCC(N)=O. The maximum Gasteiger partial charge on any atom is 0.315 e. The minimum Gasteiger partial charge on any atom is -0.490 e. The Morgan fingerprint density at radius 2 is 1.90 bits per heavy atom. The number of ether oxygens (including phenoxy) is 2. The lowest BCUT2D eigenvalue weighted by atomic mass is 9.85. The van der Waals surface area contributed by atoms with E-state index in [0.717, 1.165) is 17.5 Å². The molecule has 1 aromatic rings. The molecular formula is C20H20N4O7. The van der Waals surface area contributed by atoms with Crippen molar-refractivity contribution in [3.63, 3.8) is 0 Å². The molecule has 0 spiro atoms. The third-order valence-electron chi connectivity index (χ3n) is 5.68. The second kappa shape index (κ2) is 7.82. The van der Waals surface area contributed by atoms with Crippen molar-refractivity contribution in [2.24, 2.45) is 34.5 Å². The minimum absolute atomic E-state index is 0.0117. The van der Waals surface area contributed by atoms with Gasteiger partial charge < -0.3 is 15.2 Å². The first-order valence-electron chi connectivity index (χ1n) is 9.78. The molecule has 11 nitrogen and oxygen atoms in total. The number of hydrazone groups is 1. The van der Waals surface area contributed by atoms with E-state index < -0.39 is 35.0 Å². The van der Waals surface area contributed by atoms with Crippen LogP contribution in [-0.4, -0.2) is 47.1 Å². The van der Waals surface area contributed by atoms with Gasteiger partial charge in [-0.1, -0.05) is 12.2 Å². The molecule has 2 fully saturated rings. The molecular weight excluding hydrogens is 408 g/mol. The molecule has 1 saturated carbocycles. The molecule has 2 bridgehead atoms. The second-order valence-corrected chi connectivity index (χ2v) is 7.55. The zero-order valence-corrected chi connectivity index (χ0v) is 16.6. The number of carbonyl (C=O) groups excluding carboxylic acids is 3. The van der Waals surface area contributed by atoms with E-state index in [1.54, 1.807) is 6.92 Å². The number of carbonyl (C=O) groups is 3. The smallest absolute Gasteiger partial charge is 0.315 e. The van der Waals surface area contributed by atoms with Gasteiger partial charge in [-0.05, 0) is 31.2 Å². The Morgan fingerprint density at radius 3 is 2.45 bits per heavy atom. The van der Waals surface area contributed by atoms with Crippen molar-refractivity contribution in [1.29, 1.82) is 0 Å². The number of hydrogen-bond acceptors (Lipinski definition) is 8. The maximum absolute atomic E-state index is 12.7. The molecule has 2 N–H and O–H groups in total. The lowest BCUT2D eigenvalue weighted by Crippen LogP contribution is -2.28. The number of nitrogens with two attached hydrogens (primary N) is 1. The molecule has 0 unspecified atom stereocenters. The van der Waals surface area contributed by atoms with Gasteiger partial charge in [-0.3, -0.25) is 24.5 Å². The molecule has 3 amide bonds. The number of hydrogen-bond donors (Lipinski definition) is 1. The summed E-state index contributed by atoms with van der Waals surface area (Å²) in [7, 11) is 0. The molecule has 162 valence electrons. The van der Waals surface area contributed by atoms with Crippen LogP contribution in [-0.2, 0) is 14.4 Å². The van der Waals surface area contributed by atoms with E-state index in [1.165, 1.54) is 12.3 Å². The minimum atomic E-state index is -0.803. The Bertz CT molecular complexity index is 1000. The molecule has 3 aliphatic rings. The molecule has 2 aliphatic carbocycles. The Labute approximate surface area is 176 Å². The Hall–Kier alpha value is -3.76. The van der Waals surface area contributed by atoms with Crippen LogP contribution >= 0.6 is 0 Å². The average molecular weight is 428 g/mol. The van der Waals surface area contributed by atoms with Crippen LogP contribution < -0.4 is 15.2 Å². The summed E-state index contributed by atoms with van der Waals surface area (Å²) < 4.78 is 10.6. The highest BCUT2D eigenvalue weighted by Gasteiger charge is 2.59. The Balaban J connectivity index is 1.63. The number of imide groups is 1. The third-order valence-corrected chi connectivity index (χ3v) is 5.68. The number of primary amides is 1. The summed E-state index contributed by atoms with van der Waals surface area (Å²) in [6, 6.07) is 2.56. The van der Waals surface area contributed by atoms with Crippen molar-refractivity contribution in [3.8, 4) is 11.5 Å². The van der Waals surface area contributed by atoms with Gasteiger partial charge in [0.15, 0.2) is 12.4 Å². The van der Waals surface area contributed by atoms with Crippen LogP contribution in [0.25, 0.3) is 0 Å². The van der Waals surface area contributed by atoms with E-state index >= 15 is 0 Å². The molecule has 4 rings (SSSR count). The van der Waals surface area contributed by atoms with Crippen molar-refractivity contribution in [3.05, 3.63) is 40.0 Å². The monoisotopic (exact) mass is 428 g/mol. The molecule has 1 saturated heterocycles. The summed E-state index contributed by atoms with van der Waals surface area (Å²) >= 11 is 0. The fourth-order valence-corrected chi connectivity index (χ4v) is 4.49. The van der Waals surface area contributed by atoms with E-state index in [0.29, 0.717) is 0 Å². The van der Waals surface area contributed by atoms with Crippen LogP contribution in [0.4, 0.5) is 5.69 Å². The lowest BCUT2D eigenvalue weighted by Gasteiger charge is -2.13. The number of allylic oxidation sites excluding steroid dienone is 2. The first-order valence-corrected chi connectivity index (χ1v) is 9.78. The summed E-state index contributed by atoms with van der Waals surface area (Å²) in [5, 5.41) is 16.4. The van der Waals surface area contributed by atoms with E-state index in [4.69, 9.17) is 15.2 Å². The molecule has 31 heavy (non-hydrogen) atoms. The molecule has 1 aliphatic heterocycles. The fourth-order valence-electron chi connectivity index (χ4n) is 4.49. The van der Waals surface area contributed by atoms with E-state index in [2.05, 4.69) is 5.10 Å². The van der Waals surface area contributed by atoms with Gasteiger partial charge in [0.1, 0.15) is 0 Å². The van der Waals surface area contributed by atoms with E-state index in [-0.39, 0.29) is 47.3 Å². The molecule has 4 atom stereocenters. The standard InChI is InChI=1S/C20H20N4O7/c1-2-30-14-6-10(5-13(24(28)29)18(14)31-9-15(21)25)8-22-23-19(26)16-11-3-4-12(7-11)17(16)20(23)27/h3-6,8,11-12,16-17H,2,7,9H2,1H3,(H2,21,25)/t11-,12-,16-,17+/m0/s1. The van der Waals surface area contributed by atoms with E-state index in [1.807, 2.05) is 12.2 Å². The highest BCUT2D eigenvalue weighted by atomic mass is 16.6. The topological polar surface area (TPSA) is 154 Å². The maximum atomic E-state index is 12.7. The zero-order valence-electron chi connectivity index (χ0n) is 16.6. The van der Waals surface area contributed by atoms with Gasteiger partial charge in [-0.25, -0.2) is 0 Å². The number of nitro groups is 1. The summed E-state index contributed by atoms with van der Waals surface area (Å²) in [6.45, 7) is 1.28. The third kappa shape index (κ3) is 3.51. The number of nitrogens with zero attached hydrogens (tertiary/aromatic N) is 3. The average Bonchev–Trinajstić information content (AvgIpc) is 3.39. The number of amides is 3. The molecule has 0 aromatic heterocycles. The predicted molar refractivity (Wildman–Crippen MR) is 106 cm³/mol. The first-order chi connectivity index (χ1) is 14.8. The molecule has 1 aromatic carbocycles. The van der Waals surface area contributed by atoms with Crippen LogP contribution in [0.1, 0.15) is 18.9 Å². The van der Waals surface area contributed by atoms with E-state index in [9.17, 15) is 24.5 Å². The largest absolute Gasteiger partial charge is 0.490 e. The Morgan fingerprint density at radius 1 is 1.26 bits per heavy atom. The zero-order chi connectivity index (χ0) is 22.3. The van der Waals surface area contributed by atoms with Gasteiger partial charge in [0.2, 0.25) is 5.75 Å². The van der Waals surface area contributed by atoms with Gasteiger partial charge in [-0.15, -0.1) is 0 Å². The van der Waals surface area contributed by atoms with Gasteiger partial charge in [-0.2, -0.15) is 10.1 Å². The number of nitro benzene ring substituents is 1. The Kier molecular flexibility index (Phi) is 5.17. The van der Waals surface area contributed by atoms with Crippen molar-refractivity contribution in [2.75, 3.05) is 13.2 Å². The van der Waals surface area contributed by atoms with Crippen molar-refractivity contribution >= 4 is 29.6 Å². The van der Waals surface area contributed by atoms with Crippen LogP contribution in [0.2, 0.25) is 0 Å². The molecule has 0 radical (unpaired) electrons. The van der Waals surface area contributed by atoms with Gasteiger partial charge >= 0.3 is 5.69 Å². The van der Waals surface area contributed by atoms with Crippen molar-refractivity contribution in [1.82, 2.24) is 5.01 Å². The van der Waals surface area contributed by atoms with Crippen molar-refractivity contribution < 1.29 is 28.8 Å². The highest BCUT2D eigenvalue weighted by Crippen LogP contribution is 2.52. The summed E-state index contributed by atoms with van der Waals surface area (Å²) in [5.41, 5.74) is 4.81. The van der Waals surface area contributed by atoms with Gasteiger partial charge in [0, 0.05) is 11.6 Å². The fraction of sp³-hybridized carbons (Fsp3) is 0.400. The van der Waals surface area contributed by atoms with Gasteiger partial charge in [0.05, 0.1) is 29.6 Å². The quantitative estimate of drug-likeness (QED) is 0.213.